The average Bonchev–Trinajstić information content (AvgIpc) is 2.99. The summed E-state index contributed by atoms with van der Waals surface area (Å²) in [5.74, 6) is -1.53. The topological polar surface area (TPSA) is 48.9 Å². The van der Waals surface area contributed by atoms with Crippen molar-refractivity contribution in [2.75, 3.05) is 46.4 Å². The van der Waals surface area contributed by atoms with E-state index in [9.17, 15) is 35.5 Å². The highest BCUT2D eigenvalue weighted by molar-refractivity contribution is 5.95. The molecule has 0 N–H and O–H groups in total. The van der Waals surface area contributed by atoms with Crippen molar-refractivity contribution in [3.63, 3.8) is 0 Å². The molecule has 44 heavy (non-hydrogen) atoms. The van der Waals surface area contributed by atoms with Crippen molar-refractivity contribution in [3.05, 3.63) is 94.1 Å². The summed E-state index contributed by atoms with van der Waals surface area (Å²) in [5.41, 5.74) is -0.943. The van der Waals surface area contributed by atoms with Crippen LogP contribution in [0, 0.1) is 5.82 Å². The maximum atomic E-state index is 14.1. The minimum atomic E-state index is -5.08. The lowest BCUT2D eigenvalue weighted by molar-refractivity contribution is -0.143. The number of alkyl halides is 6. The number of hydrogen-bond donors (Lipinski definition) is 0. The zero-order valence-corrected chi connectivity index (χ0v) is 23.9. The fourth-order valence-electron chi connectivity index (χ4n) is 5.81. The molecule has 1 amide bonds. The number of ether oxygens (including phenoxy) is 1. The number of methoxy groups -OCH3 is 1. The van der Waals surface area contributed by atoms with Gasteiger partial charge in [0.25, 0.3) is 5.91 Å². The van der Waals surface area contributed by atoms with E-state index in [0.29, 0.717) is 37.3 Å². The second-order valence-corrected chi connectivity index (χ2v) is 11.1. The predicted molar refractivity (Wildman–Crippen MR) is 148 cm³/mol. The summed E-state index contributed by atoms with van der Waals surface area (Å²) in [6, 6.07) is 8.47. The highest BCUT2D eigenvalue weighted by Gasteiger charge is 2.39. The van der Waals surface area contributed by atoms with E-state index in [1.54, 1.807) is 6.20 Å². The summed E-state index contributed by atoms with van der Waals surface area (Å²) in [7, 11) is 1.31. The standard InChI is InChI=1S/C31H31F7N4O2/c1-44-28-14-20(4-5-26(28)32)13-25-19-41(10-9-40-8-6-27-21(18-40)3-2-7-39-27)11-12-42(25)29(43)22-15-23(30(33,34)35)17-24(16-22)31(36,37)38/h2-5,7,14-17,25H,6,8-13,18-19H2,1H3/t25-/m1/s1. The highest BCUT2D eigenvalue weighted by Crippen LogP contribution is 2.37. The molecule has 2 aromatic carbocycles. The van der Waals surface area contributed by atoms with Crippen LogP contribution in [0.1, 0.15) is 38.3 Å². The summed E-state index contributed by atoms with van der Waals surface area (Å²) < 4.78 is 100. The minimum Gasteiger partial charge on any atom is -0.494 e. The zero-order valence-electron chi connectivity index (χ0n) is 23.9. The zero-order chi connectivity index (χ0) is 31.6. The van der Waals surface area contributed by atoms with Gasteiger partial charge in [-0.05, 0) is 53.9 Å². The van der Waals surface area contributed by atoms with E-state index in [0.717, 1.165) is 37.3 Å². The van der Waals surface area contributed by atoms with Gasteiger partial charge in [0.05, 0.1) is 18.2 Å². The molecule has 3 heterocycles. The smallest absolute Gasteiger partial charge is 0.416 e. The summed E-state index contributed by atoms with van der Waals surface area (Å²) in [6.07, 6.45) is -7.37. The molecule has 5 rings (SSSR count). The van der Waals surface area contributed by atoms with Crippen LogP contribution in [0.2, 0.25) is 0 Å². The van der Waals surface area contributed by atoms with Crippen molar-refractivity contribution in [2.45, 2.75) is 37.8 Å². The third-order valence-corrected chi connectivity index (χ3v) is 8.12. The first-order chi connectivity index (χ1) is 20.8. The Morgan fingerprint density at radius 2 is 1.64 bits per heavy atom. The Bertz CT molecular complexity index is 1460. The molecule has 0 saturated carbocycles. The van der Waals surface area contributed by atoms with Gasteiger partial charge in [0, 0.05) is 75.7 Å². The van der Waals surface area contributed by atoms with Gasteiger partial charge in [-0.2, -0.15) is 26.3 Å². The van der Waals surface area contributed by atoms with Crippen molar-refractivity contribution in [1.82, 2.24) is 19.7 Å². The van der Waals surface area contributed by atoms with Crippen molar-refractivity contribution in [1.29, 1.82) is 0 Å². The van der Waals surface area contributed by atoms with Crippen LogP contribution in [0.5, 0.6) is 5.75 Å². The summed E-state index contributed by atoms with van der Waals surface area (Å²) >= 11 is 0. The number of carbonyl (C=O) groups excluding carboxylic acids is 1. The molecule has 0 aliphatic carbocycles. The lowest BCUT2D eigenvalue weighted by Gasteiger charge is -2.42. The van der Waals surface area contributed by atoms with Gasteiger partial charge in [0.15, 0.2) is 11.6 Å². The van der Waals surface area contributed by atoms with E-state index in [4.69, 9.17) is 4.74 Å². The first kappa shape index (κ1) is 31.7. The molecule has 1 saturated heterocycles. The number of rotatable bonds is 7. The van der Waals surface area contributed by atoms with Crippen LogP contribution >= 0.6 is 0 Å². The minimum absolute atomic E-state index is 0.00600. The van der Waals surface area contributed by atoms with Crippen LogP contribution in [0.4, 0.5) is 30.7 Å². The fourth-order valence-corrected chi connectivity index (χ4v) is 5.81. The number of nitrogens with zero attached hydrogens (tertiary/aromatic N) is 4. The number of amides is 1. The van der Waals surface area contributed by atoms with E-state index >= 15 is 0 Å². The second-order valence-electron chi connectivity index (χ2n) is 11.1. The number of carbonyl (C=O) groups is 1. The Hall–Kier alpha value is -3.71. The number of aromatic nitrogens is 1. The second kappa shape index (κ2) is 12.7. The maximum absolute atomic E-state index is 14.1. The summed E-state index contributed by atoms with van der Waals surface area (Å²) in [4.78, 5) is 23.8. The van der Waals surface area contributed by atoms with Crippen LogP contribution in [0.25, 0.3) is 0 Å². The Morgan fingerprint density at radius 1 is 0.932 bits per heavy atom. The average molecular weight is 625 g/mol. The van der Waals surface area contributed by atoms with Gasteiger partial charge in [0.2, 0.25) is 0 Å². The highest BCUT2D eigenvalue weighted by atomic mass is 19.4. The Kier molecular flexibility index (Phi) is 9.17. The first-order valence-electron chi connectivity index (χ1n) is 14.1. The van der Waals surface area contributed by atoms with Gasteiger partial charge in [-0.15, -0.1) is 0 Å². The van der Waals surface area contributed by atoms with Gasteiger partial charge < -0.3 is 9.64 Å². The molecule has 6 nitrogen and oxygen atoms in total. The molecule has 1 atom stereocenters. The molecule has 13 heteroatoms. The maximum Gasteiger partial charge on any atom is 0.416 e. The fraction of sp³-hybridized carbons (Fsp3) is 0.419. The molecule has 1 aromatic heterocycles. The van der Waals surface area contributed by atoms with Crippen LogP contribution < -0.4 is 4.74 Å². The predicted octanol–water partition coefficient (Wildman–Crippen LogP) is 5.69. The largest absolute Gasteiger partial charge is 0.494 e. The van der Waals surface area contributed by atoms with E-state index in [2.05, 4.69) is 14.8 Å². The number of halogens is 7. The van der Waals surface area contributed by atoms with Crippen molar-refractivity contribution in [3.8, 4) is 5.75 Å². The SMILES string of the molecule is COc1cc(C[C@@H]2CN(CCN3CCc4ncccc4C3)CCN2C(=O)c2cc(C(F)(F)F)cc(C(F)(F)F)c2)ccc1F. The molecule has 0 radical (unpaired) electrons. The molecule has 0 bridgehead atoms. The monoisotopic (exact) mass is 624 g/mol. The van der Waals surface area contributed by atoms with E-state index < -0.39 is 46.8 Å². The van der Waals surface area contributed by atoms with Gasteiger partial charge in [0.1, 0.15) is 0 Å². The normalized spacial score (nSPS) is 18.3. The van der Waals surface area contributed by atoms with Crippen LogP contribution in [-0.4, -0.2) is 78.0 Å². The van der Waals surface area contributed by atoms with Crippen molar-refractivity contribution in [2.24, 2.45) is 0 Å². The van der Waals surface area contributed by atoms with Crippen LogP contribution in [0.15, 0.2) is 54.7 Å². The lowest BCUT2D eigenvalue weighted by Crippen LogP contribution is -2.57. The van der Waals surface area contributed by atoms with Gasteiger partial charge in [-0.1, -0.05) is 12.1 Å². The third-order valence-electron chi connectivity index (χ3n) is 8.12. The first-order valence-corrected chi connectivity index (χ1v) is 14.1. The number of pyridine rings is 1. The molecule has 3 aromatic rings. The van der Waals surface area contributed by atoms with Crippen molar-refractivity contribution < 1.29 is 40.3 Å². The molecule has 0 unspecified atom stereocenters. The molecular formula is C31H31F7N4O2. The summed E-state index contributed by atoms with van der Waals surface area (Å²) in [5, 5.41) is 0. The summed E-state index contributed by atoms with van der Waals surface area (Å²) in [6.45, 7) is 3.74. The third kappa shape index (κ3) is 7.32. The lowest BCUT2D eigenvalue weighted by atomic mass is 9.98. The molecule has 0 spiro atoms. The number of benzene rings is 2. The quantitative estimate of drug-likeness (QED) is 0.316. The van der Waals surface area contributed by atoms with E-state index in [1.807, 2.05) is 12.1 Å². The van der Waals surface area contributed by atoms with Gasteiger partial charge in [-0.25, -0.2) is 4.39 Å². The Morgan fingerprint density at radius 3 is 2.32 bits per heavy atom. The molecule has 2 aliphatic heterocycles. The van der Waals surface area contributed by atoms with Crippen LogP contribution in [-0.2, 0) is 31.7 Å². The molecule has 1 fully saturated rings. The molecular weight excluding hydrogens is 593 g/mol. The van der Waals surface area contributed by atoms with Gasteiger partial charge >= 0.3 is 12.4 Å². The van der Waals surface area contributed by atoms with Crippen LogP contribution in [0.3, 0.4) is 0 Å². The van der Waals surface area contributed by atoms with Crippen molar-refractivity contribution >= 4 is 5.91 Å². The van der Waals surface area contributed by atoms with Gasteiger partial charge in [-0.3, -0.25) is 19.6 Å². The number of fused-ring (bicyclic) bond motifs is 1. The number of piperazine rings is 1. The Labute approximate surface area is 250 Å². The molecule has 2 aliphatic rings. The Balaban J connectivity index is 1.37. The van der Waals surface area contributed by atoms with E-state index in [-0.39, 0.29) is 24.8 Å². The van der Waals surface area contributed by atoms with E-state index in [1.165, 1.54) is 30.2 Å². The number of hydrogen-bond acceptors (Lipinski definition) is 5. The molecule has 236 valence electrons.